The Hall–Kier alpha value is -0.420. The van der Waals surface area contributed by atoms with Gasteiger partial charge in [-0.25, -0.2) is 0 Å². The van der Waals surface area contributed by atoms with E-state index in [2.05, 4.69) is 33.8 Å². The highest BCUT2D eigenvalue weighted by atomic mass is 16.3. The summed E-state index contributed by atoms with van der Waals surface area (Å²) in [5.41, 5.74) is 14.8. The zero-order chi connectivity index (χ0) is 25.2. The molecule has 0 amide bonds. The Morgan fingerprint density at radius 2 is 1.76 bits per heavy atom. The van der Waals surface area contributed by atoms with Crippen LogP contribution < -0.4 is 11.5 Å². The summed E-state index contributed by atoms with van der Waals surface area (Å²) in [5, 5.41) is 21.7. The van der Waals surface area contributed by atoms with Crippen LogP contribution in [0.3, 0.4) is 0 Å². The van der Waals surface area contributed by atoms with E-state index in [0.717, 1.165) is 77.0 Å². The lowest BCUT2D eigenvalue weighted by Gasteiger charge is -2.67. The Kier molecular flexibility index (Phi) is 6.71. The molecule has 0 aliphatic heterocycles. The van der Waals surface area contributed by atoms with Gasteiger partial charge in [0.25, 0.3) is 0 Å². The predicted octanol–water partition coefficient (Wildman–Crippen LogP) is 5.84. The third kappa shape index (κ3) is 3.94. The zero-order valence-electron chi connectivity index (χ0n) is 23.1. The number of aliphatic hydroxyl groups is 2. The minimum Gasteiger partial charge on any atom is -0.390 e. The van der Waals surface area contributed by atoms with Gasteiger partial charge in [0.1, 0.15) is 0 Å². The Labute approximate surface area is 209 Å². The minimum atomic E-state index is -0.607. The second kappa shape index (κ2) is 8.57. The molecule has 6 N–H and O–H groups in total. The average Bonchev–Trinajstić information content (AvgIpc) is 3.03. The molecule has 0 aromatic carbocycles. The van der Waals surface area contributed by atoms with Crippen LogP contribution in [-0.2, 0) is 0 Å². The van der Waals surface area contributed by atoms with Gasteiger partial charge in [0.05, 0.1) is 11.2 Å². The topological polar surface area (TPSA) is 92.5 Å². The summed E-state index contributed by atoms with van der Waals surface area (Å²) in [5.74, 6) is 1.44. The molecule has 4 nitrogen and oxygen atoms in total. The first kappa shape index (κ1) is 26.6. The zero-order valence-corrected chi connectivity index (χ0v) is 23.1. The van der Waals surface area contributed by atoms with Crippen LogP contribution in [0.2, 0.25) is 0 Å². The number of rotatable bonds is 7. The van der Waals surface area contributed by atoms with Gasteiger partial charge < -0.3 is 21.7 Å². The molecule has 4 heteroatoms. The molecule has 0 spiro atoms. The lowest BCUT2D eigenvalue weighted by Crippen LogP contribution is -2.76. The van der Waals surface area contributed by atoms with Crippen LogP contribution in [0.15, 0.2) is 11.6 Å². The van der Waals surface area contributed by atoms with E-state index in [-0.39, 0.29) is 21.9 Å². The van der Waals surface area contributed by atoms with E-state index in [1.54, 1.807) is 0 Å². The fourth-order valence-corrected chi connectivity index (χ4v) is 9.31. The molecule has 4 rings (SSSR count). The Morgan fingerprint density at radius 3 is 2.44 bits per heavy atom. The Morgan fingerprint density at radius 1 is 1.06 bits per heavy atom. The van der Waals surface area contributed by atoms with Crippen LogP contribution in [0, 0.1) is 28.6 Å². The third-order valence-electron chi connectivity index (χ3n) is 12.0. The SMILES string of the molecule is CCCCC(C)(O)CC[C@@H](C)[C@H]1CC[C@@]2(N)[C@@H]3CC=C4C[C@@](C)(O)CC[C@]4(C)[C@@]3(N)CC[C@]12C. The van der Waals surface area contributed by atoms with E-state index in [9.17, 15) is 10.2 Å². The number of hydrogen-bond acceptors (Lipinski definition) is 4. The van der Waals surface area contributed by atoms with Gasteiger partial charge in [-0.3, -0.25) is 0 Å². The van der Waals surface area contributed by atoms with Crippen LogP contribution >= 0.6 is 0 Å². The number of allylic oxidation sites excluding steroid dienone is 1. The van der Waals surface area contributed by atoms with E-state index < -0.39 is 11.2 Å². The lowest BCUT2D eigenvalue weighted by atomic mass is 9.41. The molecule has 3 saturated carbocycles. The molecule has 0 saturated heterocycles. The van der Waals surface area contributed by atoms with Crippen molar-refractivity contribution in [1.29, 1.82) is 0 Å². The maximum absolute atomic E-state index is 10.9. The van der Waals surface area contributed by atoms with Crippen LogP contribution in [0.1, 0.15) is 125 Å². The standard InChI is InChI=1S/C30H54N2O2/c1-7-8-13-25(3,33)14-11-21(2)23-12-15-29(31)24-10-9-22-20-26(4,34)16-17-27(22,5)30(24,32)19-18-28(23,29)6/h9,21,23-24,33-34H,7-8,10-20,31-32H2,1-6H3/t21-,23-,24+,25?,26+,27+,28-,29-,30-/m1/s1. The molecule has 196 valence electrons. The van der Waals surface area contributed by atoms with E-state index in [1.165, 1.54) is 12.0 Å². The first-order valence-corrected chi connectivity index (χ1v) is 14.4. The van der Waals surface area contributed by atoms with Gasteiger partial charge in [0.15, 0.2) is 0 Å². The van der Waals surface area contributed by atoms with Gasteiger partial charge in [-0.2, -0.15) is 0 Å². The van der Waals surface area contributed by atoms with Crippen molar-refractivity contribution in [2.24, 2.45) is 40.1 Å². The van der Waals surface area contributed by atoms with Crippen molar-refractivity contribution >= 4 is 0 Å². The van der Waals surface area contributed by atoms with Gasteiger partial charge in [0.2, 0.25) is 0 Å². The van der Waals surface area contributed by atoms with Gasteiger partial charge in [-0.05, 0) is 108 Å². The van der Waals surface area contributed by atoms with Gasteiger partial charge >= 0.3 is 0 Å². The molecule has 4 aliphatic rings. The van der Waals surface area contributed by atoms with E-state index in [4.69, 9.17) is 11.5 Å². The number of nitrogens with two attached hydrogens (primary N) is 2. The van der Waals surface area contributed by atoms with Gasteiger partial charge in [-0.1, -0.05) is 52.2 Å². The molecule has 1 unspecified atom stereocenters. The molecule has 0 bridgehead atoms. The summed E-state index contributed by atoms with van der Waals surface area (Å²) in [4.78, 5) is 0. The molecule has 34 heavy (non-hydrogen) atoms. The quantitative estimate of drug-likeness (QED) is 0.349. The normalized spacial score (nSPS) is 48.8. The molecule has 0 radical (unpaired) electrons. The molecular weight excluding hydrogens is 420 g/mol. The lowest BCUT2D eigenvalue weighted by molar-refractivity contribution is -0.0992. The van der Waals surface area contributed by atoms with Crippen molar-refractivity contribution in [2.45, 2.75) is 147 Å². The van der Waals surface area contributed by atoms with Crippen molar-refractivity contribution in [3.05, 3.63) is 11.6 Å². The van der Waals surface area contributed by atoms with Crippen LogP contribution in [-0.4, -0.2) is 32.5 Å². The molecule has 4 aliphatic carbocycles. The summed E-state index contributed by atoms with van der Waals surface area (Å²) in [7, 11) is 0. The summed E-state index contributed by atoms with van der Waals surface area (Å²) < 4.78 is 0. The molecule has 0 heterocycles. The van der Waals surface area contributed by atoms with Crippen LogP contribution in [0.25, 0.3) is 0 Å². The molecule has 9 atom stereocenters. The highest BCUT2D eigenvalue weighted by Gasteiger charge is 2.70. The first-order chi connectivity index (χ1) is 15.6. The van der Waals surface area contributed by atoms with E-state index in [0.29, 0.717) is 17.8 Å². The molecule has 3 fully saturated rings. The second-order valence-corrected chi connectivity index (χ2v) is 14.3. The minimum absolute atomic E-state index is 0.0620. The maximum atomic E-state index is 10.9. The summed E-state index contributed by atoms with van der Waals surface area (Å²) in [6.07, 6.45) is 15.4. The van der Waals surface area contributed by atoms with Gasteiger partial charge in [-0.15, -0.1) is 0 Å². The van der Waals surface area contributed by atoms with Crippen molar-refractivity contribution in [3.63, 3.8) is 0 Å². The molecular formula is C30H54N2O2. The van der Waals surface area contributed by atoms with Crippen molar-refractivity contribution in [2.75, 3.05) is 0 Å². The maximum Gasteiger partial charge on any atom is 0.0657 e. The number of fused-ring (bicyclic) bond motifs is 5. The molecule has 0 aromatic rings. The Balaban J connectivity index is 1.55. The van der Waals surface area contributed by atoms with Crippen LogP contribution in [0.4, 0.5) is 0 Å². The average molecular weight is 475 g/mol. The van der Waals surface area contributed by atoms with E-state index in [1.807, 2.05) is 13.8 Å². The summed E-state index contributed by atoms with van der Waals surface area (Å²) in [6.45, 7) is 13.5. The Bertz CT molecular complexity index is 806. The smallest absolute Gasteiger partial charge is 0.0657 e. The second-order valence-electron chi connectivity index (χ2n) is 14.3. The highest BCUT2D eigenvalue weighted by Crippen LogP contribution is 2.69. The highest BCUT2D eigenvalue weighted by molar-refractivity contribution is 5.36. The van der Waals surface area contributed by atoms with Crippen molar-refractivity contribution in [3.8, 4) is 0 Å². The summed E-state index contributed by atoms with van der Waals surface area (Å²) >= 11 is 0. The molecule has 0 aromatic heterocycles. The number of hydrogen-bond donors (Lipinski definition) is 4. The van der Waals surface area contributed by atoms with Crippen molar-refractivity contribution < 1.29 is 10.2 Å². The van der Waals surface area contributed by atoms with Crippen molar-refractivity contribution in [1.82, 2.24) is 0 Å². The van der Waals surface area contributed by atoms with Gasteiger partial charge in [0, 0.05) is 16.5 Å². The monoisotopic (exact) mass is 474 g/mol. The van der Waals surface area contributed by atoms with Crippen LogP contribution in [0.5, 0.6) is 0 Å². The van der Waals surface area contributed by atoms with E-state index >= 15 is 0 Å². The first-order valence-electron chi connectivity index (χ1n) is 14.4. The fourth-order valence-electron chi connectivity index (χ4n) is 9.31. The summed E-state index contributed by atoms with van der Waals surface area (Å²) in [6, 6.07) is 0. The number of unbranched alkanes of at least 4 members (excludes halogenated alkanes) is 1. The fraction of sp³-hybridized carbons (Fsp3) is 0.933. The largest absolute Gasteiger partial charge is 0.390 e. The predicted molar refractivity (Wildman–Crippen MR) is 141 cm³/mol. The third-order valence-corrected chi connectivity index (χ3v) is 12.0.